The van der Waals surface area contributed by atoms with Crippen LogP contribution >= 0.6 is 15.9 Å². The van der Waals surface area contributed by atoms with Crippen molar-refractivity contribution in [3.63, 3.8) is 0 Å². The third kappa shape index (κ3) is 1.74. The fourth-order valence-electron chi connectivity index (χ4n) is 1.74. The summed E-state index contributed by atoms with van der Waals surface area (Å²) in [5.41, 5.74) is 0.614. The number of rotatable bonds is 1. The Morgan fingerprint density at radius 3 is 2.94 bits per heavy atom. The van der Waals surface area contributed by atoms with Crippen LogP contribution in [0, 0.1) is 17.2 Å². The second-order valence-electron chi connectivity index (χ2n) is 3.52. The molecule has 0 radical (unpaired) electrons. The van der Waals surface area contributed by atoms with E-state index in [1.165, 1.54) is 4.90 Å². The Labute approximate surface area is 100 Å². The number of hydrogen-bond donors (Lipinski definition) is 1. The standard InChI is InChI=1S/C10H8BrN3O2/c11-7-1-2-8(13-4-7)9-6(3-12)5-14(9)10(15)16/h1-2,4,6,9H,5H2,(H,15,16). The average Bonchev–Trinajstić information content (AvgIpc) is 2.20. The maximum absolute atomic E-state index is 10.9. The van der Waals surface area contributed by atoms with Gasteiger partial charge in [0.05, 0.1) is 23.7 Å². The molecule has 1 aromatic rings. The third-order valence-electron chi connectivity index (χ3n) is 2.58. The average molecular weight is 282 g/mol. The Balaban J connectivity index is 2.27. The summed E-state index contributed by atoms with van der Waals surface area (Å²) in [6, 6.07) is 5.18. The Morgan fingerprint density at radius 2 is 2.44 bits per heavy atom. The molecule has 1 N–H and O–H groups in total. The highest BCUT2D eigenvalue weighted by Crippen LogP contribution is 2.37. The van der Waals surface area contributed by atoms with Gasteiger partial charge in [-0.2, -0.15) is 5.26 Å². The molecule has 0 aliphatic carbocycles. The molecule has 2 rings (SSSR count). The molecule has 6 heteroatoms. The van der Waals surface area contributed by atoms with Crippen LogP contribution < -0.4 is 0 Å². The van der Waals surface area contributed by atoms with Crippen molar-refractivity contribution in [3.8, 4) is 6.07 Å². The second-order valence-corrected chi connectivity index (χ2v) is 4.43. The van der Waals surface area contributed by atoms with Crippen molar-refractivity contribution in [2.75, 3.05) is 6.54 Å². The lowest BCUT2D eigenvalue weighted by molar-refractivity contribution is 0.0438. The lowest BCUT2D eigenvalue weighted by Crippen LogP contribution is -2.51. The van der Waals surface area contributed by atoms with Crippen molar-refractivity contribution in [3.05, 3.63) is 28.5 Å². The molecule has 1 aromatic heterocycles. The summed E-state index contributed by atoms with van der Waals surface area (Å²) in [6.45, 7) is 0.258. The number of carboxylic acid groups (broad SMARTS) is 1. The molecule has 1 fully saturated rings. The van der Waals surface area contributed by atoms with Crippen LogP contribution in [0.1, 0.15) is 11.7 Å². The molecule has 2 atom stereocenters. The first kappa shape index (κ1) is 10.9. The van der Waals surface area contributed by atoms with E-state index in [4.69, 9.17) is 10.4 Å². The van der Waals surface area contributed by atoms with Crippen LogP contribution in [0.2, 0.25) is 0 Å². The zero-order valence-corrected chi connectivity index (χ0v) is 9.75. The first-order chi connectivity index (χ1) is 7.63. The van der Waals surface area contributed by atoms with Crippen molar-refractivity contribution < 1.29 is 9.90 Å². The Bertz CT molecular complexity index is 454. The van der Waals surface area contributed by atoms with E-state index in [1.54, 1.807) is 18.3 Å². The van der Waals surface area contributed by atoms with Gasteiger partial charge < -0.3 is 5.11 Å². The fourth-order valence-corrected chi connectivity index (χ4v) is 1.98. The summed E-state index contributed by atoms with van der Waals surface area (Å²) in [6.07, 6.45) is 0.587. The van der Waals surface area contributed by atoms with E-state index in [-0.39, 0.29) is 12.5 Å². The Kier molecular flexibility index (Phi) is 2.79. The summed E-state index contributed by atoms with van der Waals surface area (Å²) < 4.78 is 0.825. The highest BCUT2D eigenvalue weighted by molar-refractivity contribution is 9.10. The minimum Gasteiger partial charge on any atom is -0.465 e. The zero-order chi connectivity index (χ0) is 11.7. The van der Waals surface area contributed by atoms with Gasteiger partial charge in [0.15, 0.2) is 0 Å². The smallest absolute Gasteiger partial charge is 0.407 e. The number of carbonyl (C=O) groups is 1. The largest absolute Gasteiger partial charge is 0.465 e. The predicted molar refractivity (Wildman–Crippen MR) is 58.5 cm³/mol. The molecule has 0 aromatic carbocycles. The van der Waals surface area contributed by atoms with E-state index >= 15 is 0 Å². The molecule has 2 unspecified atom stereocenters. The van der Waals surface area contributed by atoms with Crippen LogP contribution in [0.15, 0.2) is 22.8 Å². The molecule has 0 saturated carbocycles. The highest BCUT2D eigenvalue weighted by Gasteiger charge is 2.44. The quantitative estimate of drug-likeness (QED) is 0.854. The van der Waals surface area contributed by atoms with Gasteiger partial charge in [-0.3, -0.25) is 9.88 Å². The van der Waals surface area contributed by atoms with E-state index in [2.05, 4.69) is 27.0 Å². The number of halogens is 1. The normalized spacial score (nSPS) is 23.4. The van der Waals surface area contributed by atoms with Crippen LogP contribution in [0.4, 0.5) is 4.79 Å². The summed E-state index contributed by atoms with van der Waals surface area (Å²) in [5, 5.41) is 17.8. The summed E-state index contributed by atoms with van der Waals surface area (Å²) in [5.74, 6) is -0.301. The van der Waals surface area contributed by atoms with E-state index in [0.29, 0.717) is 5.69 Å². The molecule has 16 heavy (non-hydrogen) atoms. The molecular weight excluding hydrogens is 274 g/mol. The van der Waals surface area contributed by atoms with Crippen LogP contribution in [0.3, 0.4) is 0 Å². The summed E-state index contributed by atoms with van der Waals surface area (Å²) >= 11 is 3.25. The van der Waals surface area contributed by atoms with Crippen molar-refractivity contribution in [2.24, 2.45) is 5.92 Å². The Hall–Kier alpha value is -1.61. The van der Waals surface area contributed by atoms with Crippen molar-refractivity contribution in [1.29, 1.82) is 5.26 Å². The molecule has 1 aliphatic heterocycles. The zero-order valence-electron chi connectivity index (χ0n) is 8.17. The summed E-state index contributed by atoms with van der Waals surface area (Å²) in [7, 11) is 0. The minimum absolute atomic E-state index is 0.258. The van der Waals surface area contributed by atoms with Gasteiger partial charge in [-0.1, -0.05) is 0 Å². The van der Waals surface area contributed by atoms with Crippen molar-refractivity contribution >= 4 is 22.0 Å². The molecular formula is C10H8BrN3O2. The molecule has 82 valence electrons. The van der Waals surface area contributed by atoms with Crippen LogP contribution in [-0.2, 0) is 0 Å². The lowest BCUT2D eigenvalue weighted by Gasteiger charge is -2.42. The van der Waals surface area contributed by atoms with Crippen molar-refractivity contribution in [2.45, 2.75) is 6.04 Å². The molecule has 1 aliphatic rings. The van der Waals surface area contributed by atoms with Crippen LogP contribution in [-0.4, -0.2) is 27.6 Å². The topological polar surface area (TPSA) is 77.2 Å². The number of aromatic nitrogens is 1. The van der Waals surface area contributed by atoms with Gasteiger partial charge in [0.2, 0.25) is 0 Å². The van der Waals surface area contributed by atoms with Crippen LogP contribution in [0.5, 0.6) is 0 Å². The number of likely N-dealkylation sites (tertiary alicyclic amines) is 1. The number of amides is 1. The molecule has 1 amide bonds. The van der Waals surface area contributed by atoms with Gasteiger partial charge in [0.25, 0.3) is 0 Å². The number of nitriles is 1. The SMILES string of the molecule is N#CC1CN(C(=O)O)C1c1ccc(Br)cn1. The van der Waals surface area contributed by atoms with E-state index < -0.39 is 12.1 Å². The maximum atomic E-state index is 10.9. The fraction of sp³-hybridized carbons (Fsp3) is 0.300. The molecule has 0 bridgehead atoms. The summed E-state index contributed by atoms with van der Waals surface area (Å²) in [4.78, 5) is 16.2. The highest BCUT2D eigenvalue weighted by atomic mass is 79.9. The number of pyridine rings is 1. The first-order valence-corrected chi connectivity index (χ1v) is 5.43. The van der Waals surface area contributed by atoms with Gasteiger partial charge in [-0.05, 0) is 28.1 Å². The molecule has 1 saturated heterocycles. The van der Waals surface area contributed by atoms with Gasteiger partial charge in [0.1, 0.15) is 0 Å². The number of nitrogens with zero attached hydrogens (tertiary/aromatic N) is 3. The minimum atomic E-state index is -1.01. The third-order valence-corrected chi connectivity index (χ3v) is 3.04. The Morgan fingerprint density at radius 1 is 1.69 bits per heavy atom. The number of hydrogen-bond acceptors (Lipinski definition) is 3. The molecule has 0 spiro atoms. The lowest BCUT2D eigenvalue weighted by atomic mass is 9.87. The van der Waals surface area contributed by atoms with Crippen LogP contribution in [0.25, 0.3) is 0 Å². The molecule has 5 nitrogen and oxygen atoms in total. The second kappa shape index (κ2) is 4.10. The van der Waals surface area contributed by atoms with Gasteiger partial charge >= 0.3 is 6.09 Å². The maximum Gasteiger partial charge on any atom is 0.407 e. The van der Waals surface area contributed by atoms with Gasteiger partial charge in [0, 0.05) is 17.2 Å². The van der Waals surface area contributed by atoms with E-state index in [0.717, 1.165) is 4.47 Å². The van der Waals surface area contributed by atoms with Gasteiger partial charge in [-0.15, -0.1) is 0 Å². The van der Waals surface area contributed by atoms with E-state index in [1.807, 2.05) is 0 Å². The van der Waals surface area contributed by atoms with Crippen molar-refractivity contribution in [1.82, 2.24) is 9.88 Å². The van der Waals surface area contributed by atoms with E-state index in [9.17, 15) is 4.79 Å². The van der Waals surface area contributed by atoms with Gasteiger partial charge in [-0.25, -0.2) is 4.79 Å². The molecule has 2 heterocycles. The predicted octanol–water partition coefficient (Wildman–Crippen LogP) is 2.02. The first-order valence-electron chi connectivity index (χ1n) is 4.64. The monoisotopic (exact) mass is 281 g/mol.